The van der Waals surface area contributed by atoms with E-state index < -0.39 is 0 Å². The maximum atomic E-state index is 12.2. The molecule has 0 spiro atoms. The maximum Gasteiger partial charge on any atom is 0.253 e. The quantitative estimate of drug-likeness (QED) is 0.835. The van der Waals surface area contributed by atoms with Gasteiger partial charge >= 0.3 is 0 Å². The van der Waals surface area contributed by atoms with Gasteiger partial charge in [-0.25, -0.2) is 0 Å². The van der Waals surface area contributed by atoms with Gasteiger partial charge in [0.2, 0.25) is 0 Å². The van der Waals surface area contributed by atoms with Crippen LogP contribution in [0.15, 0.2) is 4.52 Å². The Morgan fingerprint density at radius 3 is 2.89 bits per heavy atom. The molecule has 1 aliphatic heterocycles. The van der Waals surface area contributed by atoms with Crippen LogP contribution < -0.4 is 5.32 Å². The fraction of sp³-hybridized carbons (Fsp3) is 0.667. The highest BCUT2D eigenvalue weighted by atomic mass is 16.5. The molecule has 2 heterocycles. The molecule has 1 atom stereocenters. The van der Waals surface area contributed by atoms with Gasteiger partial charge in [-0.05, 0) is 13.8 Å². The van der Waals surface area contributed by atoms with Crippen LogP contribution in [0.25, 0.3) is 0 Å². The number of morpholine rings is 1. The summed E-state index contributed by atoms with van der Waals surface area (Å²) in [6.07, 6.45) is -0.385. The van der Waals surface area contributed by atoms with Crippen LogP contribution in [-0.4, -0.2) is 48.8 Å². The lowest BCUT2D eigenvalue weighted by Gasteiger charge is -2.27. The third-order valence-electron chi connectivity index (χ3n) is 3.16. The van der Waals surface area contributed by atoms with Crippen LogP contribution in [0.4, 0.5) is 0 Å². The summed E-state index contributed by atoms with van der Waals surface area (Å²) >= 11 is 0. The van der Waals surface area contributed by atoms with Gasteiger partial charge in [-0.15, -0.1) is 0 Å². The summed E-state index contributed by atoms with van der Waals surface area (Å²) < 4.78 is 10.5. The molecule has 0 bridgehead atoms. The second kappa shape index (κ2) is 5.49. The Morgan fingerprint density at radius 2 is 2.33 bits per heavy atom. The second-order valence-corrected chi connectivity index (χ2v) is 4.56. The van der Waals surface area contributed by atoms with E-state index in [-0.39, 0.29) is 12.0 Å². The van der Waals surface area contributed by atoms with Gasteiger partial charge < -0.3 is 19.5 Å². The van der Waals surface area contributed by atoms with Gasteiger partial charge in [0.25, 0.3) is 5.91 Å². The number of rotatable bonds is 3. The third kappa shape index (κ3) is 2.70. The topological polar surface area (TPSA) is 67.6 Å². The van der Waals surface area contributed by atoms with Crippen molar-refractivity contribution in [1.29, 1.82) is 0 Å². The van der Waals surface area contributed by atoms with Crippen molar-refractivity contribution < 1.29 is 14.1 Å². The van der Waals surface area contributed by atoms with Crippen molar-refractivity contribution in [3.8, 4) is 0 Å². The molecule has 1 saturated heterocycles. The number of likely N-dealkylation sites (N-methyl/N-ethyl adjacent to an activating group) is 1. The van der Waals surface area contributed by atoms with Crippen molar-refractivity contribution in [1.82, 2.24) is 15.4 Å². The minimum Gasteiger partial charge on any atom is -0.366 e. The highest BCUT2D eigenvalue weighted by Crippen LogP contribution is 2.15. The molecule has 1 aromatic rings. The van der Waals surface area contributed by atoms with Gasteiger partial charge in [-0.2, -0.15) is 0 Å². The van der Waals surface area contributed by atoms with E-state index >= 15 is 0 Å². The smallest absolute Gasteiger partial charge is 0.253 e. The molecule has 0 radical (unpaired) electrons. The minimum atomic E-state index is -0.385. The molecule has 2 rings (SSSR count). The summed E-state index contributed by atoms with van der Waals surface area (Å²) in [5, 5.41) is 7.03. The van der Waals surface area contributed by atoms with Crippen LogP contribution in [0.2, 0.25) is 0 Å². The standard InChI is InChI=1S/C12H19N3O3/c1-8-10(9(2)18-14-8)7-15(3)12(16)11-6-13-4-5-17-11/h11,13H,4-7H2,1-3H3/t11-/m0/s1. The summed E-state index contributed by atoms with van der Waals surface area (Å²) in [6, 6.07) is 0. The Hall–Kier alpha value is -1.40. The van der Waals surface area contributed by atoms with Crippen molar-refractivity contribution in [3.05, 3.63) is 17.0 Å². The molecule has 0 saturated carbocycles. The first-order valence-electron chi connectivity index (χ1n) is 6.08. The molecule has 1 fully saturated rings. The molecule has 1 aliphatic rings. The van der Waals surface area contributed by atoms with Gasteiger partial charge in [0.1, 0.15) is 11.9 Å². The molecule has 100 valence electrons. The van der Waals surface area contributed by atoms with Crippen molar-refractivity contribution >= 4 is 5.91 Å². The number of carbonyl (C=O) groups is 1. The van der Waals surface area contributed by atoms with E-state index in [1.165, 1.54) is 0 Å². The molecule has 0 aliphatic carbocycles. The summed E-state index contributed by atoms with van der Waals surface area (Å²) in [4.78, 5) is 13.8. The van der Waals surface area contributed by atoms with Crippen molar-refractivity contribution in [2.24, 2.45) is 0 Å². The highest BCUT2D eigenvalue weighted by molar-refractivity contribution is 5.81. The van der Waals surface area contributed by atoms with Crippen molar-refractivity contribution in [3.63, 3.8) is 0 Å². The van der Waals surface area contributed by atoms with Crippen LogP contribution in [0.1, 0.15) is 17.0 Å². The predicted molar refractivity (Wildman–Crippen MR) is 65.1 cm³/mol. The molecule has 1 N–H and O–H groups in total. The van der Waals surface area contributed by atoms with E-state index in [0.717, 1.165) is 23.6 Å². The molecular weight excluding hydrogens is 234 g/mol. The molecule has 0 aromatic carbocycles. The van der Waals surface area contributed by atoms with E-state index in [0.29, 0.717) is 19.7 Å². The Labute approximate surface area is 106 Å². The summed E-state index contributed by atoms with van der Waals surface area (Å²) in [6.45, 7) is 6.19. The van der Waals surface area contributed by atoms with E-state index in [2.05, 4.69) is 10.5 Å². The van der Waals surface area contributed by atoms with E-state index in [4.69, 9.17) is 9.26 Å². The predicted octanol–water partition coefficient (Wildman–Crippen LogP) is 0.238. The van der Waals surface area contributed by atoms with Crippen LogP contribution in [0, 0.1) is 13.8 Å². The number of aryl methyl sites for hydroxylation is 2. The van der Waals surface area contributed by atoms with Gasteiger partial charge in [-0.1, -0.05) is 5.16 Å². The number of aromatic nitrogens is 1. The molecule has 1 aromatic heterocycles. The number of ether oxygens (including phenoxy) is 1. The number of carbonyl (C=O) groups excluding carboxylic acids is 1. The molecular formula is C12H19N3O3. The SMILES string of the molecule is Cc1noc(C)c1CN(C)C(=O)[C@@H]1CNCCO1. The van der Waals surface area contributed by atoms with E-state index in [1.807, 2.05) is 13.8 Å². The highest BCUT2D eigenvalue weighted by Gasteiger charge is 2.25. The first-order valence-corrected chi connectivity index (χ1v) is 6.08. The normalized spacial score (nSPS) is 19.8. The number of nitrogens with one attached hydrogen (secondary N) is 1. The zero-order valence-corrected chi connectivity index (χ0v) is 11.0. The van der Waals surface area contributed by atoms with Gasteiger partial charge in [0.05, 0.1) is 18.8 Å². The number of amides is 1. The van der Waals surface area contributed by atoms with Gasteiger partial charge in [-0.3, -0.25) is 4.79 Å². The summed E-state index contributed by atoms with van der Waals surface area (Å²) in [5.41, 5.74) is 1.80. The van der Waals surface area contributed by atoms with Gasteiger partial charge in [0.15, 0.2) is 0 Å². The van der Waals surface area contributed by atoms with Gasteiger partial charge in [0, 0.05) is 25.7 Å². The molecule has 18 heavy (non-hydrogen) atoms. The van der Waals surface area contributed by atoms with Crippen LogP contribution in [0.5, 0.6) is 0 Å². The Morgan fingerprint density at radius 1 is 1.56 bits per heavy atom. The average Bonchev–Trinajstić information content (AvgIpc) is 2.70. The minimum absolute atomic E-state index is 0.0119. The lowest BCUT2D eigenvalue weighted by Crippen LogP contribution is -2.48. The zero-order chi connectivity index (χ0) is 13.1. The molecule has 6 nitrogen and oxygen atoms in total. The summed E-state index contributed by atoms with van der Waals surface area (Å²) in [5.74, 6) is 0.747. The molecule has 0 unspecified atom stereocenters. The summed E-state index contributed by atoms with van der Waals surface area (Å²) in [7, 11) is 1.77. The van der Waals surface area contributed by atoms with E-state index in [1.54, 1.807) is 11.9 Å². The van der Waals surface area contributed by atoms with Crippen LogP contribution in [-0.2, 0) is 16.1 Å². The first kappa shape index (κ1) is 13.0. The lowest BCUT2D eigenvalue weighted by molar-refractivity contribution is -0.144. The number of nitrogens with zero attached hydrogens (tertiary/aromatic N) is 2. The Bertz CT molecular complexity index is 405. The third-order valence-corrected chi connectivity index (χ3v) is 3.16. The average molecular weight is 253 g/mol. The van der Waals surface area contributed by atoms with Crippen LogP contribution in [0.3, 0.4) is 0 Å². The Kier molecular flexibility index (Phi) is 3.98. The van der Waals surface area contributed by atoms with Crippen molar-refractivity contribution in [2.45, 2.75) is 26.5 Å². The molecule has 6 heteroatoms. The zero-order valence-electron chi connectivity index (χ0n) is 11.0. The Balaban J connectivity index is 1.98. The largest absolute Gasteiger partial charge is 0.366 e. The second-order valence-electron chi connectivity index (χ2n) is 4.56. The fourth-order valence-electron chi connectivity index (χ4n) is 2.01. The fourth-order valence-corrected chi connectivity index (χ4v) is 2.01. The van der Waals surface area contributed by atoms with Crippen LogP contribution >= 0.6 is 0 Å². The number of hydrogen-bond acceptors (Lipinski definition) is 5. The lowest BCUT2D eigenvalue weighted by atomic mass is 10.2. The maximum absolute atomic E-state index is 12.2. The molecule has 1 amide bonds. The van der Waals surface area contributed by atoms with Crippen molar-refractivity contribution in [2.75, 3.05) is 26.7 Å². The van der Waals surface area contributed by atoms with E-state index in [9.17, 15) is 4.79 Å². The monoisotopic (exact) mass is 253 g/mol. The first-order chi connectivity index (χ1) is 8.59. The number of hydrogen-bond donors (Lipinski definition) is 1.